The third-order valence-corrected chi connectivity index (χ3v) is 5.83. The SMILES string of the molecule is O=C(OCC(Cl)(Cl)Cl)[C@@H]1C[C@@H](O)CN1C(=O)OCC1c2ccccc2-c2ccccc21. The van der Waals surface area contributed by atoms with Gasteiger partial charge in [-0.05, 0) is 22.3 Å². The lowest BCUT2D eigenvalue weighted by Crippen LogP contribution is -2.42. The Hall–Kier alpha value is -1.99. The Morgan fingerprint density at radius 2 is 1.58 bits per heavy atom. The van der Waals surface area contributed by atoms with Crippen LogP contribution in [0, 0.1) is 0 Å². The molecule has 1 amide bonds. The summed E-state index contributed by atoms with van der Waals surface area (Å²) in [5.74, 6) is -0.866. The molecule has 2 aromatic rings. The summed E-state index contributed by atoms with van der Waals surface area (Å²) in [4.78, 5) is 26.3. The molecule has 1 aliphatic carbocycles. The Balaban J connectivity index is 1.45. The number of nitrogens with zero attached hydrogens (tertiary/aromatic N) is 1. The number of fused-ring (bicyclic) bond motifs is 3. The van der Waals surface area contributed by atoms with Crippen molar-refractivity contribution in [3.8, 4) is 11.1 Å². The molecule has 1 aliphatic heterocycles. The number of alkyl halides is 3. The van der Waals surface area contributed by atoms with E-state index in [4.69, 9.17) is 44.3 Å². The minimum Gasteiger partial charge on any atom is -0.460 e. The van der Waals surface area contributed by atoms with Gasteiger partial charge in [0.25, 0.3) is 0 Å². The number of halogens is 3. The van der Waals surface area contributed by atoms with Gasteiger partial charge in [0.1, 0.15) is 19.3 Å². The van der Waals surface area contributed by atoms with Crippen molar-refractivity contribution in [1.82, 2.24) is 4.90 Å². The number of rotatable bonds is 4. The van der Waals surface area contributed by atoms with E-state index in [1.165, 1.54) is 0 Å². The maximum Gasteiger partial charge on any atom is 0.410 e. The van der Waals surface area contributed by atoms with Crippen LogP contribution >= 0.6 is 34.8 Å². The number of carbonyl (C=O) groups is 2. The van der Waals surface area contributed by atoms with Gasteiger partial charge in [0.15, 0.2) is 0 Å². The molecule has 0 radical (unpaired) electrons. The van der Waals surface area contributed by atoms with Crippen LogP contribution in [0.2, 0.25) is 0 Å². The number of β-amino-alcohol motifs (C(OH)–C–C–N with tert-alkyl or cyclic N) is 1. The minimum absolute atomic E-state index is 0.0306. The molecule has 1 fully saturated rings. The molecule has 6 nitrogen and oxygen atoms in total. The fraction of sp³-hybridized carbons (Fsp3) is 0.364. The second-order valence-electron chi connectivity index (χ2n) is 7.58. The van der Waals surface area contributed by atoms with E-state index in [1.54, 1.807) is 0 Å². The van der Waals surface area contributed by atoms with Crippen LogP contribution in [0.4, 0.5) is 4.79 Å². The molecular weight excluding hydrogens is 465 g/mol. The first-order chi connectivity index (χ1) is 14.7. The van der Waals surface area contributed by atoms with Gasteiger partial charge in [-0.15, -0.1) is 0 Å². The fourth-order valence-electron chi connectivity index (χ4n) is 4.17. The Bertz CT molecular complexity index is 948. The fourth-order valence-corrected chi connectivity index (χ4v) is 4.33. The quantitative estimate of drug-likeness (QED) is 0.518. The largest absolute Gasteiger partial charge is 0.460 e. The summed E-state index contributed by atoms with van der Waals surface area (Å²) in [6, 6.07) is 15.0. The van der Waals surface area contributed by atoms with Crippen LogP contribution in [0.1, 0.15) is 23.5 Å². The van der Waals surface area contributed by atoms with Crippen molar-refractivity contribution in [2.75, 3.05) is 19.8 Å². The van der Waals surface area contributed by atoms with Crippen LogP contribution in [0.3, 0.4) is 0 Å². The lowest BCUT2D eigenvalue weighted by atomic mass is 9.98. The number of benzene rings is 2. The number of likely N-dealkylation sites (tertiary alicyclic amines) is 1. The minimum atomic E-state index is -1.76. The predicted molar refractivity (Wildman–Crippen MR) is 117 cm³/mol. The van der Waals surface area contributed by atoms with E-state index in [0.29, 0.717) is 0 Å². The van der Waals surface area contributed by atoms with E-state index in [-0.39, 0.29) is 25.5 Å². The molecule has 0 unspecified atom stereocenters. The van der Waals surface area contributed by atoms with Gasteiger partial charge in [-0.2, -0.15) is 0 Å². The summed E-state index contributed by atoms with van der Waals surface area (Å²) >= 11 is 16.8. The molecule has 2 aromatic carbocycles. The molecule has 0 spiro atoms. The molecule has 0 aromatic heterocycles. The van der Waals surface area contributed by atoms with Crippen molar-refractivity contribution in [1.29, 1.82) is 0 Å². The standard InChI is InChI=1S/C22H20Cl3NO5/c23-22(24,25)12-31-20(28)19-9-13(27)10-26(19)21(29)30-11-18-16-7-3-1-5-14(16)15-6-2-4-8-17(15)18/h1-8,13,18-19,27H,9-12H2/t13-,19+/m1/s1. The molecule has 1 heterocycles. The van der Waals surface area contributed by atoms with Gasteiger partial charge in [0.2, 0.25) is 3.79 Å². The van der Waals surface area contributed by atoms with Crippen molar-refractivity contribution in [3.63, 3.8) is 0 Å². The van der Waals surface area contributed by atoms with Crippen molar-refractivity contribution in [2.45, 2.75) is 28.3 Å². The van der Waals surface area contributed by atoms with Crippen LogP contribution < -0.4 is 0 Å². The van der Waals surface area contributed by atoms with Crippen LogP contribution in [-0.2, 0) is 14.3 Å². The summed E-state index contributed by atoms with van der Waals surface area (Å²) < 4.78 is 8.82. The number of aliphatic hydroxyl groups excluding tert-OH is 1. The maximum atomic E-state index is 12.8. The molecular formula is C22H20Cl3NO5. The van der Waals surface area contributed by atoms with Crippen molar-refractivity contribution < 1.29 is 24.2 Å². The summed E-state index contributed by atoms with van der Waals surface area (Å²) in [5, 5.41) is 10.0. The molecule has 9 heteroatoms. The Morgan fingerprint density at radius 3 is 2.16 bits per heavy atom. The van der Waals surface area contributed by atoms with Gasteiger partial charge < -0.3 is 14.6 Å². The third kappa shape index (κ3) is 4.77. The highest BCUT2D eigenvalue weighted by molar-refractivity contribution is 6.67. The van der Waals surface area contributed by atoms with Gasteiger partial charge in [-0.25, -0.2) is 9.59 Å². The Labute approximate surface area is 194 Å². The van der Waals surface area contributed by atoms with Crippen LogP contribution in [-0.4, -0.2) is 57.8 Å². The first kappa shape index (κ1) is 22.2. The number of hydrogen-bond donors (Lipinski definition) is 1. The monoisotopic (exact) mass is 483 g/mol. The molecule has 2 aliphatic rings. The number of aliphatic hydroxyl groups is 1. The van der Waals surface area contributed by atoms with E-state index < -0.39 is 34.6 Å². The zero-order chi connectivity index (χ0) is 22.2. The number of amides is 1. The smallest absolute Gasteiger partial charge is 0.410 e. The highest BCUT2D eigenvalue weighted by Gasteiger charge is 2.42. The molecule has 0 bridgehead atoms. The van der Waals surface area contributed by atoms with E-state index in [0.717, 1.165) is 27.2 Å². The van der Waals surface area contributed by atoms with E-state index in [2.05, 4.69) is 0 Å². The van der Waals surface area contributed by atoms with Gasteiger partial charge >= 0.3 is 12.1 Å². The summed E-state index contributed by atoms with van der Waals surface area (Å²) in [6.07, 6.45) is -1.54. The van der Waals surface area contributed by atoms with Crippen LogP contribution in [0.25, 0.3) is 11.1 Å². The van der Waals surface area contributed by atoms with Crippen molar-refractivity contribution >= 4 is 46.9 Å². The van der Waals surface area contributed by atoms with Gasteiger partial charge in [-0.1, -0.05) is 83.3 Å². The average molecular weight is 485 g/mol. The lowest BCUT2D eigenvalue weighted by molar-refractivity contribution is -0.148. The van der Waals surface area contributed by atoms with Gasteiger partial charge in [0, 0.05) is 12.3 Å². The molecule has 164 valence electrons. The zero-order valence-corrected chi connectivity index (χ0v) is 18.6. The number of esters is 1. The van der Waals surface area contributed by atoms with Crippen molar-refractivity contribution in [3.05, 3.63) is 59.7 Å². The summed E-state index contributed by atoms with van der Waals surface area (Å²) in [6.45, 7) is -0.388. The first-order valence-electron chi connectivity index (χ1n) is 9.77. The Kier molecular flexibility index (Phi) is 6.35. The van der Waals surface area contributed by atoms with Gasteiger partial charge in [-0.3, -0.25) is 4.90 Å². The molecule has 4 rings (SSSR count). The topological polar surface area (TPSA) is 76.1 Å². The highest BCUT2D eigenvalue weighted by atomic mass is 35.6. The predicted octanol–water partition coefficient (Wildman–Crippen LogP) is 4.28. The van der Waals surface area contributed by atoms with Gasteiger partial charge in [0.05, 0.1) is 12.6 Å². The zero-order valence-electron chi connectivity index (χ0n) is 16.3. The number of carbonyl (C=O) groups excluding carboxylic acids is 2. The van der Waals surface area contributed by atoms with Crippen LogP contribution in [0.5, 0.6) is 0 Å². The molecule has 0 saturated carbocycles. The Morgan fingerprint density at radius 1 is 1.00 bits per heavy atom. The summed E-state index contributed by atoms with van der Waals surface area (Å²) in [5.41, 5.74) is 4.39. The van der Waals surface area contributed by atoms with E-state index in [1.807, 2.05) is 48.5 Å². The molecule has 31 heavy (non-hydrogen) atoms. The van der Waals surface area contributed by atoms with Crippen LogP contribution in [0.15, 0.2) is 48.5 Å². The number of ether oxygens (including phenoxy) is 2. The average Bonchev–Trinajstić information content (AvgIpc) is 3.28. The third-order valence-electron chi connectivity index (χ3n) is 5.50. The summed E-state index contributed by atoms with van der Waals surface area (Å²) in [7, 11) is 0. The van der Waals surface area contributed by atoms with E-state index >= 15 is 0 Å². The van der Waals surface area contributed by atoms with E-state index in [9.17, 15) is 14.7 Å². The first-order valence-corrected chi connectivity index (χ1v) is 10.9. The molecule has 1 N–H and O–H groups in total. The maximum absolute atomic E-state index is 12.8. The number of hydrogen-bond acceptors (Lipinski definition) is 5. The molecule has 2 atom stereocenters. The highest BCUT2D eigenvalue weighted by Crippen LogP contribution is 2.44. The second-order valence-corrected chi connectivity index (χ2v) is 10.1. The molecule has 1 saturated heterocycles. The van der Waals surface area contributed by atoms with Crippen molar-refractivity contribution in [2.24, 2.45) is 0 Å². The normalized spacial score (nSPS) is 20.3. The lowest BCUT2D eigenvalue weighted by Gasteiger charge is -2.24. The second kappa shape index (κ2) is 8.87.